The van der Waals surface area contributed by atoms with Gasteiger partial charge in [-0.15, -0.1) is 24.8 Å². The third kappa shape index (κ3) is 3.01. The van der Waals surface area contributed by atoms with Gasteiger partial charge in [0.1, 0.15) is 11.9 Å². The number of hydrogen-bond donors (Lipinski definition) is 0. The third-order valence-corrected chi connectivity index (χ3v) is 5.44. The number of nitrogens with zero attached hydrogens (tertiary/aromatic N) is 4. The molecular weight excluding hydrogens is 347 g/mol. The van der Waals surface area contributed by atoms with Crippen LogP contribution < -0.4 is 4.74 Å². The molecule has 4 aliphatic rings. The summed E-state index contributed by atoms with van der Waals surface area (Å²) in [6.45, 7) is 3.74. The predicted octanol–water partition coefficient (Wildman–Crippen LogP) is 2.83. The largest absolute Gasteiger partial charge is 0.488 e. The molecule has 2 unspecified atom stereocenters. The van der Waals surface area contributed by atoms with Gasteiger partial charge in [0.05, 0.1) is 18.1 Å². The molecule has 130 valence electrons. The number of pyridine rings is 1. The highest BCUT2D eigenvalue weighted by Crippen LogP contribution is 2.44. The van der Waals surface area contributed by atoms with Crippen LogP contribution in [-0.4, -0.2) is 45.4 Å². The van der Waals surface area contributed by atoms with E-state index in [1.54, 1.807) is 6.20 Å². The van der Waals surface area contributed by atoms with Crippen LogP contribution in [0.3, 0.4) is 0 Å². The zero-order chi connectivity index (χ0) is 14.5. The zero-order valence-electron chi connectivity index (χ0n) is 13.3. The molecule has 3 saturated heterocycles. The van der Waals surface area contributed by atoms with Crippen molar-refractivity contribution in [2.75, 3.05) is 19.6 Å². The lowest BCUT2D eigenvalue weighted by Crippen LogP contribution is -2.61. The molecule has 2 aromatic rings. The number of halogens is 2. The summed E-state index contributed by atoms with van der Waals surface area (Å²) in [7, 11) is 0. The first-order valence-electron chi connectivity index (χ1n) is 8.19. The van der Waals surface area contributed by atoms with Crippen LogP contribution in [0.15, 0.2) is 36.9 Å². The molecule has 2 aromatic heterocycles. The fraction of sp³-hybridized carbons (Fsp3) is 0.529. The Bertz CT molecular complexity index is 651. The zero-order valence-corrected chi connectivity index (χ0v) is 15.0. The smallest absolute Gasteiger partial charge is 0.140 e. The minimum atomic E-state index is 0. The van der Waals surface area contributed by atoms with Crippen molar-refractivity contribution in [3.05, 3.63) is 36.9 Å². The first kappa shape index (κ1) is 17.5. The molecule has 0 aromatic carbocycles. The second kappa shape index (κ2) is 6.90. The van der Waals surface area contributed by atoms with E-state index in [2.05, 4.69) is 15.0 Å². The van der Waals surface area contributed by atoms with Crippen LogP contribution in [0.5, 0.6) is 5.75 Å². The summed E-state index contributed by atoms with van der Waals surface area (Å²) in [5.74, 6) is 3.17. The van der Waals surface area contributed by atoms with Crippen LogP contribution in [0.4, 0.5) is 0 Å². The standard InChI is InChI=1S/C17H20N4O.2ClH/c1-2-19-21(3-1)15-6-16(8-18-7-15)22-17-13-4-12-5-14(17)11-20(9-12)10-13;;/h1-3,6-8,12-14,17H,4-5,9-11H2;2*1H. The first-order chi connectivity index (χ1) is 10.8. The summed E-state index contributed by atoms with van der Waals surface area (Å²) < 4.78 is 8.22. The Morgan fingerprint density at radius 3 is 2.50 bits per heavy atom. The van der Waals surface area contributed by atoms with Gasteiger partial charge in [0.15, 0.2) is 0 Å². The molecule has 1 aliphatic carbocycles. The predicted molar refractivity (Wildman–Crippen MR) is 96.4 cm³/mol. The Morgan fingerprint density at radius 2 is 1.83 bits per heavy atom. The summed E-state index contributed by atoms with van der Waals surface area (Å²) >= 11 is 0. The Hall–Kier alpha value is -1.30. The molecule has 5 heterocycles. The monoisotopic (exact) mass is 368 g/mol. The van der Waals surface area contributed by atoms with Crippen LogP contribution in [0.1, 0.15) is 12.8 Å². The fourth-order valence-corrected chi connectivity index (χ4v) is 4.73. The number of piperidine rings is 3. The van der Waals surface area contributed by atoms with Gasteiger partial charge < -0.3 is 9.64 Å². The molecule has 24 heavy (non-hydrogen) atoms. The lowest BCUT2D eigenvalue weighted by molar-refractivity contribution is -0.0985. The molecule has 0 spiro atoms. The van der Waals surface area contributed by atoms with Crippen LogP contribution >= 0.6 is 24.8 Å². The first-order valence-corrected chi connectivity index (χ1v) is 8.19. The molecule has 4 fully saturated rings. The van der Waals surface area contributed by atoms with Crippen LogP contribution in [0.25, 0.3) is 5.69 Å². The van der Waals surface area contributed by atoms with Crippen molar-refractivity contribution in [3.8, 4) is 11.4 Å². The Balaban J connectivity index is 0.000000845. The van der Waals surface area contributed by atoms with Gasteiger partial charge in [-0.25, -0.2) is 4.68 Å². The van der Waals surface area contributed by atoms with E-state index in [0.717, 1.165) is 17.4 Å². The van der Waals surface area contributed by atoms with Gasteiger partial charge in [-0.05, 0) is 24.8 Å². The lowest BCUT2D eigenvalue weighted by Gasteiger charge is -2.55. The van der Waals surface area contributed by atoms with E-state index >= 15 is 0 Å². The Morgan fingerprint density at radius 1 is 1.04 bits per heavy atom. The minimum absolute atomic E-state index is 0. The number of ether oxygens (including phenoxy) is 1. The van der Waals surface area contributed by atoms with Crippen molar-refractivity contribution in [3.63, 3.8) is 0 Å². The van der Waals surface area contributed by atoms with Crippen molar-refractivity contribution >= 4 is 24.8 Å². The Kier molecular flexibility index (Phi) is 5.04. The topological polar surface area (TPSA) is 43.2 Å². The van der Waals surface area contributed by atoms with Crippen molar-refractivity contribution in [1.29, 1.82) is 0 Å². The summed E-state index contributed by atoms with van der Waals surface area (Å²) in [5.41, 5.74) is 0.954. The van der Waals surface area contributed by atoms with E-state index < -0.39 is 0 Å². The van der Waals surface area contributed by atoms with E-state index in [1.165, 1.54) is 32.5 Å². The quantitative estimate of drug-likeness (QED) is 0.835. The minimum Gasteiger partial charge on any atom is -0.488 e. The van der Waals surface area contributed by atoms with Crippen LogP contribution in [-0.2, 0) is 0 Å². The fourth-order valence-electron chi connectivity index (χ4n) is 4.73. The van der Waals surface area contributed by atoms with Crippen molar-refractivity contribution < 1.29 is 4.74 Å². The molecule has 7 heteroatoms. The summed E-state index contributed by atoms with van der Waals surface area (Å²) in [6, 6.07) is 3.96. The highest BCUT2D eigenvalue weighted by Gasteiger charge is 2.48. The van der Waals surface area contributed by atoms with E-state index in [-0.39, 0.29) is 24.8 Å². The second-order valence-corrected chi connectivity index (χ2v) is 6.99. The molecule has 0 radical (unpaired) electrons. The molecule has 0 amide bonds. The molecular formula is C17H22Cl2N4O. The maximum Gasteiger partial charge on any atom is 0.140 e. The third-order valence-electron chi connectivity index (χ3n) is 5.44. The van der Waals surface area contributed by atoms with Crippen molar-refractivity contribution in [1.82, 2.24) is 19.7 Å². The maximum atomic E-state index is 6.40. The van der Waals surface area contributed by atoms with Gasteiger partial charge in [0.25, 0.3) is 0 Å². The summed E-state index contributed by atoms with van der Waals surface area (Å²) in [4.78, 5) is 6.96. The summed E-state index contributed by atoms with van der Waals surface area (Å²) in [5, 5.41) is 4.26. The lowest BCUT2D eigenvalue weighted by atomic mass is 9.66. The van der Waals surface area contributed by atoms with Gasteiger partial charge in [0, 0.05) is 49.9 Å². The normalized spacial score (nSPS) is 32.8. The van der Waals surface area contributed by atoms with Crippen LogP contribution in [0, 0.1) is 17.8 Å². The molecule has 4 bridgehead atoms. The van der Waals surface area contributed by atoms with Gasteiger partial charge in [-0.1, -0.05) is 0 Å². The molecule has 6 rings (SSSR count). The van der Waals surface area contributed by atoms with Crippen LogP contribution in [0.2, 0.25) is 0 Å². The second-order valence-electron chi connectivity index (χ2n) is 6.99. The summed E-state index contributed by atoms with van der Waals surface area (Å²) in [6.07, 6.45) is 10.4. The average molecular weight is 369 g/mol. The van der Waals surface area contributed by atoms with Gasteiger partial charge in [0.2, 0.25) is 0 Å². The number of aromatic nitrogens is 3. The van der Waals surface area contributed by atoms with E-state index in [0.29, 0.717) is 17.9 Å². The molecule has 5 nitrogen and oxygen atoms in total. The van der Waals surface area contributed by atoms with E-state index in [1.807, 2.05) is 35.4 Å². The van der Waals surface area contributed by atoms with Crippen molar-refractivity contribution in [2.45, 2.75) is 18.9 Å². The van der Waals surface area contributed by atoms with Gasteiger partial charge >= 0.3 is 0 Å². The average Bonchev–Trinajstić information content (AvgIpc) is 3.05. The van der Waals surface area contributed by atoms with Gasteiger partial charge in [-0.2, -0.15) is 5.10 Å². The highest BCUT2D eigenvalue weighted by atomic mass is 35.5. The maximum absolute atomic E-state index is 6.40. The molecule has 0 N–H and O–H groups in total. The SMILES string of the molecule is Cl.Cl.c1cnn(-c2cncc(OC3C4CC5CC3CN(C5)C4)c2)c1. The van der Waals surface area contributed by atoms with E-state index in [9.17, 15) is 0 Å². The van der Waals surface area contributed by atoms with Crippen molar-refractivity contribution in [2.24, 2.45) is 17.8 Å². The highest BCUT2D eigenvalue weighted by molar-refractivity contribution is 5.85. The molecule has 1 saturated carbocycles. The molecule has 2 atom stereocenters. The number of rotatable bonds is 3. The van der Waals surface area contributed by atoms with Gasteiger partial charge in [-0.3, -0.25) is 4.98 Å². The number of hydrogen-bond acceptors (Lipinski definition) is 4. The molecule has 3 aliphatic heterocycles. The Labute approximate surface area is 154 Å². The van der Waals surface area contributed by atoms with E-state index in [4.69, 9.17) is 4.74 Å².